The van der Waals surface area contributed by atoms with Gasteiger partial charge in [0.05, 0.1) is 12.3 Å². The molecule has 22 heavy (non-hydrogen) atoms. The standard InChI is InChI=1S/C17H18N4O/c1-3-22-16-15(12-14-8-5-4-6-9-14)13(2)21(20-16)17-18-10-7-11-19-17/h4-11H,3,12H2,1-2H3. The molecule has 3 aromatic rings. The highest BCUT2D eigenvalue weighted by atomic mass is 16.5. The van der Waals surface area contributed by atoms with Crippen molar-refractivity contribution in [2.45, 2.75) is 20.3 Å². The van der Waals surface area contributed by atoms with Gasteiger partial charge in [-0.3, -0.25) is 0 Å². The Hall–Kier alpha value is -2.69. The number of hydrogen-bond donors (Lipinski definition) is 0. The van der Waals surface area contributed by atoms with Crippen LogP contribution in [0.25, 0.3) is 5.95 Å². The Morgan fingerprint density at radius 3 is 2.45 bits per heavy atom. The molecule has 2 aromatic heterocycles. The van der Waals surface area contributed by atoms with E-state index in [4.69, 9.17) is 4.74 Å². The molecule has 0 aliphatic rings. The molecule has 0 spiro atoms. The van der Waals surface area contributed by atoms with Crippen LogP contribution in [0.1, 0.15) is 23.7 Å². The fourth-order valence-electron chi connectivity index (χ4n) is 2.36. The smallest absolute Gasteiger partial charge is 0.250 e. The maximum Gasteiger partial charge on any atom is 0.250 e. The zero-order chi connectivity index (χ0) is 15.4. The Labute approximate surface area is 129 Å². The average Bonchev–Trinajstić information content (AvgIpc) is 2.86. The number of hydrogen-bond acceptors (Lipinski definition) is 4. The van der Waals surface area contributed by atoms with Gasteiger partial charge in [0.2, 0.25) is 5.88 Å². The van der Waals surface area contributed by atoms with Gasteiger partial charge >= 0.3 is 0 Å². The zero-order valence-corrected chi connectivity index (χ0v) is 12.7. The lowest BCUT2D eigenvalue weighted by molar-refractivity contribution is 0.321. The third-order valence-corrected chi connectivity index (χ3v) is 3.45. The molecule has 2 heterocycles. The van der Waals surface area contributed by atoms with E-state index in [0.29, 0.717) is 18.4 Å². The minimum atomic E-state index is 0.556. The van der Waals surface area contributed by atoms with Gasteiger partial charge in [0.1, 0.15) is 0 Å². The third kappa shape index (κ3) is 2.83. The van der Waals surface area contributed by atoms with Crippen LogP contribution in [0.5, 0.6) is 5.88 Å². The molecule has 0 aliphatic heterocycles. The van der Waals surface area contributed by atoms with E-state index in [9.17, 15) is 0 Å². The molecule has 0 saturated carbocycles. The summed E-state index contributed by atoms with van der Waals surface area (Å²) in [6, 6.07) is 12.1. The summed E-state index contributed by atoms with van der Waals surface area (Å²) in [6.45, 7) is 4.55. The summed E-state index contributed by atoms with van der Waals surface area (Å²) in [5.41, 5.74) is 3.29. The highest BCUT2D eigenvalue weighted by molar-refractivity contribution is 5.38. The summed E-state index contributed by atoms with van der Waals surface area (Å²) >= 11 is 0. The maximum absolute atomic E-state index is 5.70. The van der Waals surface area contributed by atoms with E-state index in [-0.39, 0.29) is 0 Å². The van der Waals surface area contributed by atoms with Gasteiger partial charge in [-0.1, -0.05) is 30.3 Å². The molecule has 0 N–H and O–H groups in total. The van der Waals surface area contributed by atoms with Crippen LogP contribution in [0.15, 0.2) is 48.8 Å². The number of rotatable bonds is 5. The fraction of sp³-hybridized carbons (Fsp3) is 0.235. The first kappa shape index (κ1) is 14.3. The SMILES string of the molecule is CCOc1nn(-c2ncccn2)c(C)c1Cc1ccccc1. The molecular formula is C17H18N4O. The second kappa shape index (κ2) is 6.39. The molecule has 0 atom stereocenters. The lowest BCUT2D eigenvalue weighted by Gasteiger charge is -2.05. The van der Waals surface area contributed by atoms with Crippen molar-refractivity contribution in [3.05, 3.63) is 65.6 Å². The Kier molecular flexibility index (Phi) is 4.14. The molecule has 3 rings (SSSR count). The van der Waals surface area contributed by atoms with E-state index < -0.39 is 0 Å². The molecule has 112 valence electrons. The summed E-state index contributed by atoms with van der Waals surface area (Å²) in [5, 5.41) is 4.54. The van der Waals surface area contributed by atoms with Crippen molar-refractivity contribution in [1.82, 2.24) is 19.7 Å². The van der Waals surface area contributed by atoms with Gasteiger partial charge in [-0.2, -0.15) is 4.68 Å². The minimum Gasteiger partial charge on any atom is -0.477 e. The monoisotopic (exact) mass is 294 g/mol. The third-order valence-electron chi connectivity index (χ3n) is 3.45. The van der Waals surface area contributed by atoms with Crippen LogP contribution in [-0.2, 0) is 6.42 Å². The molecule has 0 unspecified atom stereocenters. The predicted octanol–water partition coefficient (Wildman–Crippen LogP) is 2.96. The van der Waals surface area contributed by atoms with Crippen molar-refractivity contribution < 1.29 is 4.74 Å². The van der Waals surface area contributed by atoms with Crippen LogP contribution in [0.2, 0.25) is 0 Å². The summed E-state index contributed by atoms with van der Waals surface area (Å²) in [7, 11) is 0. The van der Waals surface area contributed by atoms with E-state index in [1.54, 1.807) is 23.1 Å². The second-order valence-electron chi connectivity index (χ2n) is 4.93. The predicted molar refractivity (Wildman–Crippen MR) is 84.3 cm³/mol. The van der Waals surface area contributed by atoms with E-state index in [1.807, 2.05) is 32.0 Å². The van der Waals surface area contributed by atoms with Crippen molar-refractivity contribution in [2.24, 2.45) is 0 Å². The lowest BCUT2D eigenvalue weighted by atomic mass is 10.1. The lowest BCUT2D eigenvalue weighted by Crippen LogP contribution is -2.04. The largest absolute Gasteiger partial charge is 0.477 e. The molecular weight excluding hydrogens is 276 g/mol. The van der Waals surface area contributed by atoms with E-state index >= 15 is 0 Å². The molecule has 5 nitrogen and oxygen atoms in total. The molecule has 1 aromatic carbocycles. The normalized spacial score (nSPS) is 10.6. The highest BCUT2D eigenvalue weighted by Crippen LogP contribution is 2.25. The number of benzene rings is 1. The van der Waals surface area contributed by atoms with E-state index in [0.717, 1.165) is 17.7 Å². The summed E-state index contributed by atoms with van der Waals surface area (Å²) in [6.07, 6.45) is 4.19. The van der Waals surface area contributed by atoms with Crippen LogP contribution < -0.4 is 4.74 Å². The summed E-state index contributed by atoms with van der Waals surface area (Å²) in [4.78, 5) is 8.53. The van der Waals surface area contributed by atoms with E-state index in [1.165, 1.54) is 5.56 Å². The first-order valence-electron chi connectivity index (χ1n) is 7.32. The summed E-state index contributed by atoms with van der Waals surface area (Å²) in [5.74, 6) is 1.21. The molecule has 0 amide bonds. The van der Waals surface area contributed by atoms with Crippen molar-refractivity contribution >= 4 is 0 Å². The number of aromatic nitrogens is 4. The topological polar surface area (TPSA) is 52.8 Å². The Bertz CT molecular complexity index is 738. The molecule has 0 saturated heterocycles. The average molecular weight is 294 g/mol. The molecule has 5 heteroatoms. The fourth-order valence-corrected chi connectivity index (χ4v) is 2.36. The molecule has 0 fully saturated rings. The van der Waals surface area contributed by atoms with Gasteiger partial charge in [-0.05, 0) is 25.5 Å². The zero-order valence-electron chi connectivity index (χ0n) is 12.7. The number of nitrogens with zero attached hydrogens (tertiary/aromatic N) is 4. The molecule has 0 bridgehead atoms. The van der Waals surface area contributed by atoms with Crippen LogP contribution in [-0.4, -0.2) is 26.4 Å². The highest BCUT2D eigenvalue weighted by Gasteiger charge is 2.18. The molecule has 0 radical (unpaired) electrons. The Morgan fingerprint density at radius 1 is 1.05 bits per heavy atom. The van der Waals surface area contributed by atoms with Crippen molar-refractivity contribution in [3.63, 3.8) is 0 Å². The van der Waals surface area contributed by atoms with Gasteiger partial charge in [-0.25, -0.2) is 9.97 Å². The first-order valence-corrected chi connectivity index (χ1v) is 7.32. The van der Waals surface area contributed by atoms with Gasteiger partial charge < -0.3 is 4.74 Å². The first-order chi connectivity index (χ1) is 10.8. The molecule has 0 aliphatic carbocycles. The van der Waals surface area contributed by atoms with Crippen molar-refractivity contribution in [1.29, 1.82) is 0 Å². The van der Waals surface area contributed by atoms with Gasteiger partial charge in [0.15, 0.2) is 0 Å². The van der Waals surface area contributed by atoms with E-state index in [2.05, 4.69) is 27.2 Å². The van der Waals surface area contributed by atoms with Crippen LogP contribution in [0.4, 0.5) is 0 Å². The van der Waals surface area contributed by atoms with Gasteiger partial charge in [-0.15, -0.1) is 5.10 Å². The van der Waals surface area contributed by atoms with Crippen LogP contribution in [0, 0.1) is 6.92 Å². The van der Waals surface area contributed by atoms with Gasteiger partial charge in [0.25, 0.3) is 5.95 Å². The Morgan fingerprint density at radius 2 is 1.77 bits per heavy atom. The number of ether oxygens (including phenoxy) is 1. The second-order valence-corrected chi connectivity index (χ2v) is 4.93. The van der Waals surface area contributed by atoms with Crippen molar-refractivity contribution in [3.8, 4) is 11.8 Å². The van der Waals surface area contributed by atoms with Gasteiger partial charge in [0, 0.05) is 24.4 Å². The quantitative estimate of drug-likeness (QED) is 0.726. The summed E-state index contributed by atoms with van der Waals surface area (Å²) < 4.78 is 7.44. The maximum atomic E-state index is 5.70. The van der Waals surface area contributed by atoms with Crippen LogP contribution >= 0.6 is 0 Å². The minimum absolute atomic E-state index is 0.556. The van der Waals surface area contributed by atoms with Crippen molar-refractivity contribution in [2.75, 3.05) is 6.61 Å². The van der Waals surface area contributed by atoms with Crippen LogP contribution in [0.3, 0.4) is 0 Å². The Balaban J connectivity index is 2.03.